The van der Waals surface area contributed by atoms with E-state index in [1.165, 1.54) is 11.8 Å². The number of furan rings is 1. The topological polar surface area (TPSA) is 50.4 Å². The molecule has 0 aliphatic carbocycles. The second-order valence-corrected chi connectivity index (χ2v) is 3.86. The average Bonchev–Trinajstić information content (AvgIpc) is 2.35. The van der Waals surface area contributed by atoms with Crippen molar-refractivity contribution in [1.29, 1.82) is 0 Å². The fourth-order valence-electron chi connectivity index (χ4n) is 0.668. The van der Waals surface area contributed by atoms with Gasteiger partial charge in [-0.05, 0) is 28.1 Å². The van der Waals surface area contributed by atoms with Crippen molar-refractivity contribution >= 4 is 33.7 Å². The van der Waals surface area contributed by atoms with Gasteiger partial charge >= 0.3 is 5.97 Å². The molecular weight excluding hydrogens is 244 g/mol. The monoisotopic (exact) mass is 250 g/mol. The summed E-state index contributed by atoms with van der Waals surface area (Å²) in [6.07, 6.45) is 0. The van der Waals surface area contributed by atoms with Gasteiger partial charge in [0.2, 0.25) is 0 Å². The molecule has 0 spiro atoms. The smallest absolute Gasteiger partial charge is 0.313 e. The molecular formula is C7H7BrO3S. The highest BCUT2D eigenvalue weighted by Crippen LogP contribution is 2.18. The Morgan fingerprint density at radius 1 is 1.67 bits per heavy atom. The Bertz CT molecular complexity index is 271. The molecule has 1 aromatic heterocycles. The van der Waals surface area contributed by atoms with Crippen LogP contribution in [-0.2, 0) is 10.5 Å². The first-order valence-corrected chi connectivity index (χ1v) is 5.17. The number of aliphatic carboxylic acids is 1. The van der Waals surface area contributed by atoms with Gasteiger partial charge in [-0.15, -0.1) is 11.8 Å². The van der Waals surface area contributed by atoms with Crippen molar-refractivity contribution in [3.63, 3.8) is 0 Å². The summed E-state index contributed by atoms with van der Waals surface area (Å²) in [5.74, 6) is 0.690. The lowest BCUT2D eigenvalue weighted by Gasteiger charge is -1.93. The zero-order valence-electron chi connectivity index (χ0n) is 6.12. The molecule has 3 nitrogen and oxygen atoms in total. The number of carboxylic acid groups (broad SMARTS) is 1. The molecule has 0 atom stereocenters. The molecule has 1 aromatic rings. The number of hydrogen-bond donors (Lipinski definition) is 1. The number of hydrogen-bond acceptors (Lipinski definition) is 3. The van der Waals surface area contributed by atoms with Crippen LogP contribution in [0.25, 0.3) is 0 Å². The van der Waals surface area contributed by atoms with E-state index in [2.05, 4.69) is 15.9 Å². The Balaban J connectivity index is 2.29. The van der Waals surface area contributed by atoms with Crippen molar-refractivity contribution in [1.82, 2.24) is 0 Å². The van der Waals surface area contributed by atoms with Gasteiger partial charge in [0.1, 0.15) is 5.76 Å². The fraction of sp³-hybridized carbons (Fsp3) is 0.286. The molecule has 1 N–H and O–H groups in total. The van der Waals surface area contributed by atoms with E-state index in [-0.39, 0.29) is 5.75 Å². The highest BCUT2D eigenvalue weighted by molar-refractivity contribution is 9.10. The van der Waals surface area contributed by atoms with Crippen molar-refractivity contribution in [2.45, 2.75) is 5.75 Å². The maximum absolute atomic E-state index is 10.1. The van der Waals surface area contributed by atoms with Gasteiger partial charge in [0.25, 0.3) is 0 Å². The van der Waals surface area contributed by atoms with E-state index < -0.39 is 5.97 Å². The fourth-order valence-corrected chi connectivity index (χ4v) is 1.64. The van der Waals surface area contributed by atoms with Crippen molar-refractivity contribution in [2.24, 2.45) is 0 Å². The maximum atomic E-state index is 10.1. The average molecular weight is 251 g/mol. The second kappa shape index (κ2) is 4.57. The molecule has 0 aliphatic heterocycles. The van der Waals surface area contributed by atoms with Crippen LogP contribution in [0.5, 0.6) is 0 Å². The lowest BCUT2D eigenvalue weighted by molar-refractivity contribution is -0.133. The minimum absolute atomic E-state index is 0.109. The van der Waals surface area contributed by atoms with E-state index in [1.807, 2.05) is 6.07 Å². The standard InChI is InChI=1S/C7H7BrO3S/c8-6-2-1-5(11-6)3-12-4-7(9)10/h1-2H,3-4H2,(H,9,10). The largest absolute Gasteiger partial charge is 0.481 e. The van der Waals surface area contributed by atoms with Crippen LogP contribution in [0.2, 0.25) is 0 Å². The lowest BCUT2D eigenvalue weighted by Crippen LogP contribution is -1.97. The van der Waals surface area contributed by atoms with E-state index >= 15 is 0 Å². The first kappa shape index (κ1) is 9.67. The van der Waals surface area contributed by atoms with Crippen LogP contribution in [0.3, 0.4) is 0 Å². The van der Waals surface area contributed by atoms with Gasteiger partial charge in [0, 0.05) is 0 Å². The van der Waals surface area contributed by atoms with E-state index in [1.54, 1.807) is 6.07 Å². The van der Waals surface area contributed by atoms with Crippen LogP contribution < -0.4 is 0 Å². The highest BCUT2D eigenvalue weighted by Gasteiger charge is 2.01. The molecule has 0 aromatic carbocycles. The Kier molecular flexibility index (Phi) is 3.68. The highest BCUT2D eigenvalue weighted by atomic mass is 79.9. The number of rotatable bonds is 4. The molecule has 1 heterocycles. The zero-order chi connectivity index (χ0) is 8.97. The first-order valence-electron chi connectivity index (χ1n) is 3.22. The van der Waals surface area contributed by atoms with Gasteiger partial charge in [-0.3, -0.25) is 4.79 Å². The molecule has 0 unspecified atom stereocenters. The molecule has 66 valence electrons. The summed E-state index contributed by atoms with van der Waals surface area (Å²) >= 11 is 4.47. The van der Waals surface area contributed by atoms with Gasteiger partial charge in [-0.2, -0.15) is 0 Å². The summed E-state index contributed by atoms with van der Waals surface area (Å²) in [5.41, 5.74) is 0. The second-order valence-electron chi connectivity index (χ2n) is 2.09. The summed E-state index contributed by atoms with van der Waals surface area (Å²) in [6, 6.07) is 3.61. The predicted octanol–water partition coefficient (Wildman–Crippen LogP) is 2.36. The molecule has 0 saturated heterocycles. The van der Waals surface area contributed by atoms with E-state index in [0.717, 1.165) is 5.76 Å². The van der Waals surface area contributed by atoms with Crippen LogP contribution in [0.15, 0.2) is 21.2 Å². The third-order valence-electron chi connectivity index (χ3n) is 1.10. The third-order valence-corrected chi connectivity index (χ3v) is 2.46. The van der Waals surface area contributed by atoms with Gasteiger partial charge in [-0.25, -0.2) is 0 Å². The van der Waals surface area contributed by atoms with Crippen molar-refractivity contribution < 1.29 is 14.3 Å². The van der Waals surface area contributed by atoms with Crippen LogP contribution in [0, 0.1) is 0 Å². The van der Waals surface area contributed by atoms with Crippen LogP contribution in [-0.4, -0.2) is 16.8 Å². The van der Waals surface area contributed by atoms with Gasteiger partial charge < -0.3 is 9.52 Å². The molecule has 0 fully saturated rings. The summed E-state index contributed by atoms with van der Waals surface area (Å²) in [4.78, 5) is 10.1. The molecule has 0 radical (unpaired) electrons. The molecule has 0 aliphatic rings. The predicted molar refractivity (Wildman–Crippen MR) is 50.2 cm³/mol. The number of carboxylic acids is 1. The Labute approximate surface area is 82.3 Å². The van der Waals surface area contributed by atoms with E-state index in [9.17, 15) is 4.79 Å². The minimum Gasteiger partial charge on any atom is -0.481 e. The van der Waals surface area contributed by atoms with Crippen molar-refractivity contribution in [3.8, 4) is 0 Å². The molecule has 1 rings (SSSR count). The van der Waals surface area contributed by atoms with Gasteiger partial charge in [-0.1, -0.05) is 0 Å². The molecule has 12 heavy (non-hydrogen) atoms. The van der Waals surface area contributed by atoms with Crippen molar-refractivity contribution in [3.05, 3.63) is 22.6 Å². The Morgan fingerprint density at radius 3 is 2.92 bits per heavy atom. The first-order chi connectivity index (χ1) is 5.68. The number of thioether (sulfide) groups is 1. The summed E-state index contributed by atoms with van der Waals surface area (Å²) in [6.45, 7) is 0. The van der Waals surface area contributed by atoms with Crippen molar-refractivity contribution in [2.75, 3.05) is 5.75 Å². The molecule has 0 amide bonds. The Morgan fingerprint density at radius 2 is 2.42 bits per heavy atom. The lowest BCUT2D eigenvalue weighted by atomic mass is 10.5. The third kappa shape index (κ3) is 3.32. The van der Waals surface area contributed by atoms with Gasteiger partial charge in [0.15, 0.2) is 4.67 Å². The SMILES string of the molecule is O=C(O)CSCc1ccc(Br)o1. The van der Waals surface area contributed by atoms with Crippen LogP contribution in [0.4, 0.5) is 0 Å². The minimum atomic E-state index is -0.800. The van der Waals surface area contributed by atoms with Crippen LogP contribution in [0.1, 0.15) is 5.76 Å². The molecule has 5 heteroatoms. The number of halogens is 1. The van der Waals surface area contributed by atoms with E-state index in [4.69, 9.17) is 9.52 Å². The summed E-state index contributed by atoms with van der Waals surface area (Å²) in [7, 11) is 0. The normalized spacial score (nSPS) is 10.1. The maximum Gasteiger partial charge on any atom is 0.313 e. The van der Waals surface area contributed by atoms with Crippen LogP contribution >= 0.6 is 27.7 Å². The molecule has 0 saturated carbocycles. The summed E-state index contributed by atoms with van der Waals surface area (Å²) in [5, 5.41) is 8.34. The zero-order valence-corrected chi connectivity index (χ0v) is 8.52. The quantitative estimate of drug-likeness (QED) is 0.892. The van der Waals surface area contributed by atoms with Gasteiger partial charge in [0.05, 0.1) is 11.5 Å². The molecule has 0 bridgehead atoms. The number of carbonyl (C=O) groups is 1. The summed E-state index contributed by atoms with van der Waals surface area (Å²) < 4.78 is 5.84. The van der Waals surface area contributed by atoms with E-state index in [0.29, 0.717) is 10.4 Å². The Hall–Kier alpha value is -0.420.